The quantitative estimate of drug-likeness (QED) is 0.537. The van der Waals surface area contributed by atoms with E-state index in [1.165, 1.54) is 22.5 Å². The summed E-state index contributed by atoms with van der Waals surface area (Å²) in [7, 11) is -3.38. The minimum absolute atomic E-state index is 0.0281. The molecule has 2 rings (SSSR count). The van der Waals surface area contributed by atoms with E-state index in [4.69, 9.17) is 0 Å². The van der Waals surface area contributed by atoms with Crippen LogP contribution in [0.2, 0.25) is 0 Å². The van der Waals surface area contributed by atoms with Gasteiger partial charge in [0.1, 0.15) is 0 Å². The van der Waals surface area contributed by atoms with E-state index in [2.05, 4.69) is 10.9 Å². The predicted molar refractivity (Wildman–Crippen MR) is 97.1 cm³/mol. The topological polar surface area (TPSA) is 139 Å². The minimum Gasteiger partial charge on any atom is -0.273 e. The highest BCUT2D eigenvalue weighted by Crippen LogP contribution is 2.20. The molecule has 0 aromatic heterocycles. The third-order valence-electron chi connectivity index (χ3n) is 4.23. The fraction of sp³-hybridized carbons (Fsp3) is 0.500. The molecule has 1 unspecified atom stereocenters. The van der Waals surface area contributed by atoms with Crippen molar-refractivity contribution in [1.82, 2.24) is 15.2 Å². The molecule has 0 bridgehead atoms. The smallest absolute Gasteiger partial charge is 0.270 e. The standard InChI is InChI=1S/C16H22N4O6S/c1-2-9-27(25,26)19-8-4-6-13(11-19)16(22)18-17-15(21)12-5-3-7-14(10-12)20(23)24/h3,5,7,10,13H,2,4,6,8-9,11H2,1H3,(H,17,21)(H,18,22). The molecule has 1 aliphatic heterocycles. The Labute approximate surface area is 157 Å². The summed E-state index contributed by atoms with van der Waals surface area (Å²) in [5.74, 6) is -1.73. The zero-order chi connectivity index (χ0) is 20.0. The van der Waals surface area contributed by atoms with Crippen molar-refractivity contribution in [2.45, 2.75) is 26.2 Å². The van der Waals surface area contributed by atoms with Crippen molar-refractivity contribution < 1.29 is 22.9 Å². The fourth-order valence-corrected chi connectivity index (χ4v) is 4.44. The summed E-state index contributed by atoms with van der Waals surface area (Å²) >= 11 is 0. The van der Waals surface area contributed by atoms with Gasteiger partial charge >= 0.3 is 0 Å². The summed E-state index contributed by atoms with van der Waals surface area (Å²) in [5, 5.41) is 10.8. The minimum atomic E-state index is -3.38. The molecule has 148 valence electrons. The van der Waals surface area contributed by atoms with Crippen LogP contribution in [0, 0.1) is 16.0 Å². The maximum Gasteiger partial charge on any atom is 0.270 e. The van der Waals surface area contributed by atoms with Gasteiger partial charge in [-0.15, -0.1) is 0 Å². The highest BCUT2D eigenvalue weighted by molar-refractivity contribution is 7.89. The van der Waals surface area contributed by atoms with Gasteiger partial charge in [-0.1, -0.05) is 13.0 Å². The van der Waals surface area contributed by atoms with Crippen molar-refractivity contribution in [3.63, 3.8) is 0 Å². The third kappa shape index (κ3) is 5.47. The van der Waals surface area contributed by atoms with Crippen LogP contribution < -0.4 is 10.9 Å². The number of piperidine rings is 1. The number of hydrogen-bond acceptors (Lipinski definition) is 6. The van der Waals surface area contributed by atoms with Gasteiger partial charge in [0.25, 0.3) is 11.6 Å². The summed E-state index contributed by atoms with van der Waals surface area (Å²) in [4.78, 5) is 34.5. The molecule has 1 aliphatic rings. The highest BCUT2D eigenvalue weighted by atomic mass is 32.2. The number of sulfonamides is 1. The molecule has 1 aromatic rings. The van der Waals surface area contributed by atoms with Gasteiger partial charge in [-0.05, 0) is 25.3 Å². The lowest BCUT2D eigenvalue weighted by molar-refractivity contribution is -0.384. The number of hydrogen-bond donors (Lipinski definition) is 2. The lowest BCUT2D eigenvalue weighted by Crippen LogP contribution is -2.50. The number of benzene rings is 1. The van der Waals surface area contributed by atoms with Gasteiger partial charge in [-0.2, -0.15) is 0 Å². The number of nitrogens with one attached hydrogen (secondary N) is 2. The molecule has 0 radical (unpaired) electrons. The number of amides is 2. The van der Waals surface area contributed by atoms with Crippen LogP contribution >= 0.6 is 0 Å². The monoisotopic (exact) mass is 398 g/mol. The van der Waals surface area contributed by atoms with Crippen LogP contribution in [0.1, 0.15) is 36.5 Å². The second-order valence-corrected chi connectivity index (χ2v) is 8.35. The van der Waals surface area contributed by atoms with Gasteiger partial charge in [0.2, 0.25) is 15.9 Å². The van der Waals surface area contributed by atoms with Gasteiger partial charge in [-0.25, -0.2) is 12.7 Å². The average Bonchev–Trinajstić information content (AvgIpc) is 2.66. The summed E-state index contributed by atoms with van der Waals surface area (Å²) in [5.41, 5.74) is 4.28. The first-order valence-corrected chi connectivity index (χ1v) is 10.2. The van der Waals surface area contributed by atoms with E-state index < -0.39 is 32.7 Å². The number of non-ortho nitro benzene ring substituents is 1. The molecule has 0 saturated carbocycles. The molecule has 27 heavy (non-hydrogen) atoms. The first-order valence-electron chi connectivity index (χ1n) is 8.57. The molecule has 10 nitrogen and oxygen atoms in total. The number of rotatable bonds is 6. The molecule has 1 heterocycles. The molecule has 1 fully saturated rings. The van der Waals surface area contributed by atoms with Crippen LogP contribution in [0.4, 0.5) is 5.69 Å². The molecule has 11 heteroatoms. The van der Waals surface area contributed by atoms with Gasteiger partial charge < -0.3 is 0 Å². The Kier molecular flexibility index (Phi) is 6.86. The van der Waals surface area contributed by atoms with Crippen LogP contribution in [0.3, 0.4) is 0 Å². The Morgan fingerprint density at radius 2 is 2.07 bits per heavy atom. The van der Waals surface area contributed by atoms with E-state index in [9.17, 15) is 28.1 Å². The lowest BCUT2D eigenvalue weighted by atomic mass is 9.99. The number of hydrazine groups is 1. The van der Waals surface area contributed by atoms with Crippen LogP contribution in [-0.2, 0) is 14.8 Å². The first kappa shape index (κ1) is 20.8. The molecular weight excluding hydrogens is 376 g/mol. The maximum absolute atomic E-state index is 12.3. The Hall–Kier alpha value is -2.53. The van der Waals surface area contributed by atoms with Crippen LogP contribution in [-0.4, -0.2) is 48.3 Å². The Bertz CT molecular complexity index is 826. The van der Waals surface area contributed by atoms with Crippen molar-refractivity contribution in [2.24, 2.45) is 5.92 Å². The first-order chi connectivity index (χ1) is 12.7. The van der Waals surface area contributed by atoms with Gasteiger partial charge in [0.15, 0.2) is 0 Å². The summed E-state index contributed by atoms with van der Waals surface area (Å²) in [6, 6.07) is 5.10. The highest BCUT2D eigenvalue weighted by Gasteiger charge is 2.32. The number of nitro groups is 1. The molecular formula is C16H22N4O6S. The largest absolute Gasteiger partial charge is 0.273 e. The lowest BCUT2D eigenvalue weighted by Gasteiger charge is -2.31. The van der Waals surface area contributed by atoms with E-state index in [0.717, 1.165) is 6.07 Å². The predicted octanol–water partition coefficient (Wildman–Crippen LogP) is 0.808. The number of nitro benzene ring substituents is 1. The van der Waals surface area contributed by atoms with Gasteiger partial charge in [0.05, 0.1) is 16.6 Å². The van der Waals surface area contributed by atoms with Crippen LogP contribution in [0.25, 0.3) is 0 Å². The molecule has 1 aromatic carbocycles. The zero-order valence-corrected chi connectivity index (χ0v) is 15.7. The van der Waals surface area contributed by atoms with Crippen molar-refractivity contribution >= 4 is 27.5 Å². The zero-order valence-electron chi connectivity index (χ0n) is 14.9. The summed E-state index contributed by atoms with van der Waals surface area (Å²) in [6.07, 6.45) is 1.56. The third-order valence-corrected chi connectivity index (χ3v) is 6.27. The van der Waals surface area contributed by atoms with Gasteiger partial charge in [0, 0.05) is 30.8 Å². The SMILES string of the molecule is CCCS(=O)(=O)N1CCCC(C(=O)NNC(=O)c2cccc([N+](=O)[O-])c2)C1. The molecule has 0 aliphatic carbocycles. The molecule has 1 saturated heterocycles. The van der Waals surface area contributed by atoms with Crippen LogP contribution in [0.5, 0.6) is 0 Å². The van der Waals surface area contributed by atoms with E-state index in [0.29, 0.717) is 25.8 Å². The van der Waals surface area contributed by atoms with Gasteiger partial charge in [-0.3, -0.25) is 30.6 Å². The second kappa shape index (κ2) is 8.91. The van der Waals surface area contributed by atoms with Crippen molar-refractivity contribution in [2.75, 3.05) is 18.8 Å². The van der Waals surface area contributed by atoms with Crippen molar-refractivity contribution in [3.05, 3.63) is 39.9 Å². The van der Waals surface area contributed by atoms with Crippen molar-refractivity contribution in [1.29, 1.82) is 0 Å². The molecule has 2 N–H and O–H groups in total. The Morgan fingerprint density at radius 3 is 2.74 bits per heavy atom. The average molecular weight is 398 g/mol. The van der Waals surface area contributed by atoms with Crippen LogP contribution in [0.15, 0.2) is 24.3 Å². The Morgan fingerprint density at radius 1 is 1.33 bits per heavy atom. The maximum atomic E-state index is 12.3. The number of carbonyl (C=O) groups is 2. The summed E-state index contributed by atoms with van der Waals surface area (Å²) in [6.45, 7) is 2.22. The number of carbonyl (C=O) groups excluding carboxylic acids is 2. The van der Waals surface area contributed by atoms with E-state index in [1.807, 2.05) is 0 Å². The molecule has 0 spiro atoms. The molecule has 2 amide bonds. The fourth-order valence-electron chi connectivity index (χ4n) is 2.85. The van der Waals surface area contributed by atoms with E-state index in [1.54, 1.807) is 6.92 Å². The van der Waals surface area contributed by atoms with E-state index >= 15 is 0 Å². The number of nitrogens with zero attached hydrogens (tertiary/aromatic N) is 2. The summed E-state index contributed by atoms with van der Waals surface area (Å²) < 4.78 is 25.6. The second-order valence-electron chi connectivity index (χ2n) is 6.26. The Balaban J connectivity index is 1.94. The van der Waals surface area contributed by atoms with E-state index in [-0.39, 0.29) is 23.5 Å². The van der Waals surface area contributed by atoms with Crippen molar-refractivity contribution in [3.8, 4) is 0 Å². The molecule has 1 atom stereocenters. The normalized spacial score (nSPS) is 17.9.